The third-order valence-electron chi connectivity index (χ3n) is 4.78. The van der Waals surface area contributed by atoms with Crippen LogP contribution < -0.4 is 5.56 Å². The first-order chi connectivity index (χ1) is 12.4. The van der Waals surface area contributed by atoms with E-state index in [2.05, 4.69) is 20.2 Å². The Balaban J connectivity index is 1.82. The second-order valence-corrected chi connectivity index (χ2v) is 8.33. The summed E-state index contributed by atoms with van der Waals surface area (Å²) in [5.41, 5.74) is 1.25. The van der Waals surface area contributed by atoms with E-state index in [1.165, 1.54) is 4.31 Å². The Bertz CT molecular complexity index is 1130. The minimum absolute atomic E-state index is 0.201. The number of hydrogen-bond donors (Lipinski definition) is 2. The van der Waals surface area contributed by atoms with Gasteiger partial charge in [-0.25, -0.2) is 13.4 Å². The summed E-state index contributed by atoms with van der Waals surface area (Å²) in [4.78, 5) is 19.9. The molecule has 26 heavy (non-hydrogen) atoms. The minimum atomic E-state index is -3.74. The van der Waals surface area contributed by atoms with Crippen molar-refractivity contribution in [1.82, 2.24) is 24.5 Å². The molecule has 0 saturated carbocycles. The largest absolute Gasteiger partial charge is 0.309 e. The molecule has 8 nitrogen and oxygen atoms in total. The van der Waals surface area contributed by atoms with Crippen molar-refractivity contribution in [3.8, 4) is 0 Å². The van der Waals surface area contributed by atoms with Crippen LogP contribution in [-0.4, -0.2) is 39.4 Å². The van der Waals surface area contributed by atoms with Gasteiger partial charge >= 0.3 is 0 Å². The van der Waals surface area contributed by atoms with Crippen LogP contribution in [0.4, 0.5) is 0 Å². The van der Waals surface area contributed by atoms with Crippen LogP contribution >= 0.6 is 0 Å². The van der Waals surface area contributed by atoms with Crippen LogP contribution in [-0.2, 0) is 10.0 Å². The molecule has 1 saturated heterocycles. The maximum absolute atomic E-state index is 13.2. The average molecular weight is 373 g/mol. The van der Waals surface area contributed by atoms with Crippen LogP contribution in [0.15, 0.2) is 34.0 Å². The van der Waals surface area contributed by atoms with Crippen molar-refractivity contribution in [3.63, 3.8) is 0 Å². The minimum Gasteiger partial charge on any atom is -0.309 e. The SMILES string of the molecule is Cc1n[nH]c(C)c1S(=O)(=O)N1CCCC1c1nc2ccccc2c(=O)[nH]1. The molecule has 1 fully saturated rings. The summed E-state index contributed by atoms with van der Waals surface area (Å²) in [6.45, 7) is 3.74. The van der Waals surface area contributed by atoms with Crippen LogP contribution in [0.5, 0.6) is 0 Å². The van der Waals surface area contributed by atoms with Gasteiger partial charge in [0.2, 0.25) is 10.0 Å². The van der Waals surface area contributed by atoms with Gasteiger partial charge in [0.25, 0.3) is 5.56 Å². The maximum atomic E-state index is 13.2. The normalized spacial score (nSPS) is 18.6. The Morgan fingerprint density at radius 1 is 1.23 bits per heavy atom. The fourth-order valence-electron chi connectivity index (χ4n) is 3.60. The lowest BCUT2D eigenvalue weighted by molar-refractivity contribution is 0.383. The van der Waals surface area contributed by atoms with E-state index in [4.69, 9.17) is 0 Å². The van der Waals surface area contributed by atoms with Gasteiger partial charge < -0.3 is 4.98 Å². The number of aromatic amines is 2. The van der Waals surface area contributed by atoms with Gasteiger partial charge in [0, 0.05) is 6.54 Å². The first-order valence-corrected chi connectivity index (χ1v) is 9.86. The predicted molar refractivity (Wildman–Crippen MR) is 96.3 cm³/mol. The van der Waals surface area contributed by atoms with Gasteiger partial charge in [-0.2, -0.15) is 9.40 Å². The molecule has 0 spiro atoms. The molecule has 9 heteroatoms. The Morgan fingerprint density at radius 3 is 2.73 bits per heavy atom. The molecule has 1 atom stereocenters. The Labute approximate surface area is 150 Å². The number of nitrogens with one attached hydrogen (secondary N) is 2. The third-order valence-corrected chi connectivity index (χ3v) is 6.95. The van der Waals surface area contributed by atoms with Gasteiger partial charge in [0.15, 0.2) is 0 Å². The van der Waals surface area contributed by atoms with Crippen molar-refractivity contribution in [2.24, 2.45) is 0 Å². The van der Waals surface area contributed by atoms with Crippen molar-refractivity contribution >= 4 is 20.9 Å². The van der Waals surface area contributed by atoms with E-state index in [-0.39, 0.29) is 10.5 Å². The standard InChI is InChI=1S/C17H19N5O3S/c1-10-15(11(2)21-20-10)26(24,25)22-9-5-8-14(22)16-18-13-7-4-3-6-12(13)17(23)19-16/h3-4,6-7,14H,5,8-9H2,1-2H3,(H,20,21)(H,18,19,23). The van der Waals surface area contributed by atoms with E-state index >= 15 is 0 Å². The molecule has 1 aromatic carbocycles. The monoisotopic (exact) mass is 373 g/mol. The fraction of sp³-hybridized carbons (Fsp3) is 0.353. The first-order valence-electron chi connectivity index (χ1n) is 8.42. The number of benzene rings is 1. The Kier molecular flexibility index (Phi) is 3.92. The molecule has 2 N–H and O–H groups in total. The van der Waals surface area contributed by atoms with Gasteiger partial charge in [0.1, 0.15) is 10.7 Å². The molecule has 3 heterocycles. The summed E-state index contributed by atoms with van der Waals surface area (Å²) >= 11 is 0. The third kappa shape index (κ3) is 2.55. The summed E-state index contributed by atoms with van der Waals surface area (Å²) in [5, 5.41) is 7.22. The zero-order valence-electron chi connectivity index (χ0n) is 14.5. The van der Waals surface area contributed by atoms with Crippen LogP contribution in [0, 0.1) is 13.8 Å². The van der Waals surface area contributed by atoms with E-state index in [1.54, 1.807) is 38.1 Å². The highest BCUT2D eigenvalue weighted by molar-refractivity contribution is 7.89. The van der Waals surface area contributed by atoms with Gasteiger partial charge in [-0.05, 0) is 38.8 Å². The predicted octanol–water partition coefficient (Wildman–Crippen LogP) is 1.79. The molecule has 3 aromatic rings. The van der Waals surface area contributed by atoms with Crippen LogP contribution in [0.1, 0.15) is 36.1 Å². The molecule has 0 radical (unpaired) electrons. The molecule has 2 aromatic heterocycles. The molecule has 0 aliphatic carbocycles. The summed E-state index contributed by atoms with van der Waals surface area (Å²) in [6.07, 6.45) is 1.31. The van der Waals surface area contributed by atoms with Crippen LogP contribution in [0.3, 0.4) is 0 Å². The van der Waals surface area contributed by atoms with Crippen LogP contribution in [0.25, 0.3) is 10.9 Å². The molecule has 1 aliphatic rings. The zero-order valence-corrected chi connectivity index (χ0v) is 15.3. The van der Waals surface area contributed by atoms with Crippen molar-refractivity contribution < 1.29 is 8.42 Å². The van der Waals surface area contributed by atoms with E-state index in [9.17, 15) is 13.2 Å². The quantitative estimate of drug-likeness (QED) is 0.727. The number of H-pyrrole nitrogens is 2. The summed E-state index contributed by atoms with van der Waals surface area (Å²) in [6, 6.07) is 6.54. The number of fused-ring (bicyclic) bond motifs is 1. The first kappa shape index (κ1) is 16.9. The molecular weight excluding hydrogens is 354 g/mol. The average Bonchev–Trinajstić information content (AvgIpc) is 3.22. The Hall–Kier alpha value is -2.52. The number of nitrogens with zero attached hydrogens (tertiary/aromatic N) is 3. The van der Waals surface area contributed by atoms with Crippen molar-refractivity contribution in [1.29, 1.82) is 0 Å². The highest BCUT2D eigenvalue weighted by atomic mass is 32.2. The second kappa shape index (κ2) is 6.03. The van der Waals surface area contributed by atoms with E-state index in [0.717, 1.165) is 0 Å². The number of sulfonamides is 1. The summed E-state index contributed by atoms with van der Waals surface area (Å²) in [7, 11) is -3.74. The zero-order chi connectivity index (χ0) is 18.5. The van der Waals surface area contributed by atoms with Gasteiger partial charge in [-0.15, -0.1) is 0 Å². The maximum Gasteiger partial charge on any atom is 0.258 e. The Morgan fingerprint density at radius 2 is 2.00 bits per heavy atom. The van der Waals surface area contributed by atoms with Gasteiger partial charge in [-0.1, -0.05) is 12.1 Å². The van der Waals surface area contributed by atoms with Crippen molar-refractivity contribution in [2.45, 2.75) is 37.6 Å². The highest BCUT2D eigenvalue weighted by Crippen LogP contribution is 2.36. The molecule has 1 aliphatic heterocycles. The molecule has 0 amide bonds. The number of aryl methyl sites for hydroxylation is 2. The summed E-state index contributed by atoms with van der Waals surface area (Å²) < 4.78 is 27.9. The molecule has 4 rings (SSSR count). The van der Waals surface area contributed by atoms with E-state index in [0.29, 0.717) is 47.5 Å². The lowest BCUT2D eigenvalue weighted by Gasteiger charge is -2.23. The molecule has 0 bridgehead atoms. The van der Waals surface area contributed by atoms with Crippen molar-refractivity contribution in [2.75, 3.05) is 6.54 Å². The number of aromatic nitrogens is 4. The topological polar surface area (TPSA) is 112 Å². The lowest BCUT2D eigenvalue weighted by Crippen LogP contribution is -2.33. The second-order valence-electron chi connectivity index (χ2n) is 6.51. The van der Waals surface area contributed by atoms with Crippen LogP contribution in [0.2, 0.25) is 0 Å². The fourth-order valence-corrected chi connectivity index (χ4v) is 5.60. The molecule has 1 unspecified atom stereocenters. The van der Waals surface area contributed by atoms with E-state index < -0.39 is 16.1 Å². The molecular formula is C17H19N5O3S. The number of hydrogen-bond acceptors (Lipinski definition) is 5. The van der Waals surface area contributed by atoms with Gasteiger partial charge in [0.05, 0.1) is 28.3 Å². The smallest absolute Gasteiger partial charge is 0.258 e. The number of rotatable bonds is 3. The summed E-state index contributed by atoms with van der Waals surface area (Å²) in [5.74, 6) is 0.383. The van der Waals surface area contributed by atoms with E-state index in [1.807, 2.05) is 0 Å². The van der Waals surface area contributed by atoms with Gasteiger partial charge in [-0.3, -0.25) is 9.89 Å². The molecule has 136 valence electrons. The number of para-hydroxylation sites is 1. The highest BCUT2D eigenvalue weighted by Gasteiger charge is 2.39. The lowest BCUT2D eigenvalue weighted by atomic mass is 10.2. The van der Waals surface area contributed by atoms with Crippen molar-refractivity contribution in [3.05, 3.63) is 51.8 Å².